The Hall–Kier alpha value is -2.30. The summed E-state index contributed by atoms with van der Waals surface area (Å²) < 4.78 is 8.15. The lowest BCUT2D eigenvalue weighted by Gasteiger charge is -2.11. The second-order valence-corrected chi connectivity index (χ2v) is 4.66. The van der Waals surface area contributed by atoms with E-state index in [2.05, 4.69) is 6.92 Å². The minimum absolute atomic E-state index is 0.189. The normalized spacial score (nSPS) is 10.6. The smallest absolute Gasteiger partial charge is 0.330 e. The third-order valence-electron chi connectivity index (χ3n) is 3.32. The second kappa shape index (κ2) is 5.77. The molecule has 2 aromatic rings. The van der Waals surface area contributed by atoms with E-state index in [9.17, 15) is 9.59 Å². The van der Waals surface area contributed by atoms with Crippen LogP contribution >= 0.6 is 0 Å². The monoisotopic (exact) mass is 274 g/mol. The highest BCUT2D eigenvalue weighted by atomic mass is 16.5. The molecule has 0 N–H and O–H groups in total. The molecule has 0 saturated carbocycles. The molecule has 0 fully saturated rings. The van der Waals surface area contributed by atoms with E-state index < -0.39 is 0 Å². The third-order valence-corrected chi connectivity index (χ3v) is 3.32. The lowest BCUT2D eigenvalue weighted by atomic mass is 10.2. The van der Waals surface area contributed by atoms with Crippen LogP contribution in [0, 0.1) is 0 Å². The second-order valence-electron chi connectivity index (χ2n) is 4.66. The highest BCUT2D eigenvalue weighted by molar-refractivity contribution is 5.28. The summed E-state index contributed by atoms with van der Waals surface area (Å²) in [4.78, 5) is 23.4. The number of rotatable bonds is 4. The molecule has 0 unspecified atom stereocenters. The fourth-order valence-electron chi connectivity index (χ4n) is 1.93. The van der Waals surface area contributed by atoms with Crippen molar-refractivity contribution in [3.8, 4) is 5.75 Å². The zero-order valence-corrected chi connectivity index (χ0v) is 11.9. The maximum atomic E-state index is 11.8. The van der Waals surface area contributed by atoms with E-state index in [0.717, 1.165) is 16.7 Å². The van der Waals surface area contributed by atoms with E-state index in [1.807, 2.05) is 24.3 Å². The van der Waals surface area contributed by atoms with Gasteiger partial charge in [0.25, 0.3) is 5.56 Å². The minimum Gasteiger partial charge on any atom is -0.487 e. The molecule has 0 aliphatic heterocycles. The van der Waals surface area contributed by atoms with Crippen molar-refractivity contribution < 1.29 is 4.74 Å². The predicted octanol–water partition coefficient (Wildman–Crippen LogP) is 1.23. The van der Waals surface area contributed by atoms with E-state index in [1.54, 1.807) is 7.05 Å². The number of benzene rings is 1. The Kier molecular flexibility index (Phi) is 4.08. The summed E-state index contributed by atoms with van der Waals surface area (Å²) in [6.45, 7) is 2.26. The van der Waals surface area contributed by atoms with Crippen LogP contribution in [0.5, 0.6) is 5.75 Å². The van der Waals surface area contributed by atoms with Gasteiger partial charge < -0.3 is 4.74 Å². The first kappa shape index (κ1) is 14.1. The van der Waals surface area contributed by atoms with Gasteiger partial charge in [0.15, 0.2) is 0 Å². The van der Waals surface area contributed by atoms with Crippen molar-refractivity contribution in [1.82, 2.24) is 9.13 Å². The largest absolute Gasteiger partial charge is 0.487 e. The number of aromatic nitrogens is 2. The van der Waals surface area contributed by atoms with Crippen molar-refractivity contribution in [2.45, 2.75) is 20.0 Å². The number of nitrogens with zero attached hydrogens (tertiary/aromatic N) is 2. The number of hydrogen-bond acceptors (Lipinski definition) is 3. The van der Waals surface area contributed by atoms with Gasteiger partial charge in [0.05, 0.1) is 5.69 Å². The molecule has 1 aromatic carbocycles. The number of aryl methyl sites for hydroxylation is 1. The molecule has 0 aliphatic carbocycles. The highest BCUT2D eigenvalue weighted by Gasteiger charge is 2.06. The van der Waals surface area contributed by atoms with Crippen LogP contribution in [-0.2, 0) is 27.1 Å². The summed E-state index contributed by atoms with van der Waals surface area (Å²) >= 11 is 0. The molecule has 0 atom stereocenters. The molecule has 20 heavy (non-hydrogen) atoms. The van der Waals surface area contributed by atoms with Gasteiger partial charge in [0.2, 0.25) is 0 Å². The average Bonchev–Trinajstić information content (AvgIpc) is 2.47. The van der Waals surface area contributed by atoms with E-state index in [1.165, 1.54) is 23.2 Å². The molecule has 5 nitrogen and oxygen atoms in total. The van der Waals surface area contributed by atoms with E-state index in [4.69, 9.17) is 4.74 Å². The zero-order valence-electron chi connectivity index (χ0n) is 11.9. The number of hydrogen-bond donors (Lipinski definition) is 0. The molecule has 106 valence electrons. The lowest BCUT2D eigenvalue weighted by Crippen LogP contribution is -2.38. The Morgan fingerprint density at radius 1 is 1.10 bits per heavy atom. The average molecular weight is 274 g/mol. The molecule has 0 bridgehead atoms. The fraction of sp³-hybridized carbons (Fsp3) is 0.333. The van der Waals surface area contributed by atoms with Gasteiger partial charge in [-0.05, 0) is 24.1 Å². The van der Waals surface area contributed by atoms with Gasteiger partial charge in [0.1, 0.15) is 12.4 Å². The molecular formula is C15H18N2O3. The fourth-order valence-corrected chi connectivity index (χ4v) is 1.93. The van der Waals surface area contributed by atoms with Crippen LogP contribution in [0.25, 0.3) is 0 Å². The molecule has 5 heteroatoms. The first-order valence-electron chi connectivity index (χ1n) is 6.50. The van der Waals surface area contributed by atoms with Crippen molar-refractivity contribution in [3.05, 3.63) is 62.4 Å². The first-order valence-corrected chi connectivity index (χ1v) is 6.50. The summed E-state index contributed by atoms with van der Waals surface area (Å²) in [5.41, 5.74) is 1.06. The lowest BCUT2D eigenvalue weighted by molar-refractivity contribution is 0.293. The molecule has 0 aliphatic rings. The van der Waals surface area contributed by atoms with Crippen molar-refractivity contribution in [3.63, 3.8) is 0 Å². The van der Waals surface area contributed by atoms with Gasteiger partial charge in [-0.3, -0.25) is 13.9 Å². The molecule has 0 amide bonds. The van der Waals surface area contributed by atoms with Crippen LogP contribution in [0.2, 0.25) is 0 Å². The van der Waals surface area contributed by atoms with Crippen molar-refractivity contribution >= 4 is 0 Å². The van der Waals surface area contributed by atoms with Crippen LogP contribution in [0.3, 0.4) is 0 Å². The predicted molar refractivity (Wildman–Crippen MR) is 77.1 cm³/mol. The maximum Gasteiger partial charge on any atom is 0.330 e. The Labute approximate surface area is 117 Å². The first-order chi connectivity index (χ1) is 9.52. The summed E-state index contributed by atoms with van der Waals surface area (Å²) in [5, 5.41) is 0. The van der Waals surface area contributed by atoms with Gasteiger partial charge >= 0.3 is 5.69 Å². The highest BCUT2D eigenvalue weighted by Crippen LogP contribution is 2.14. The molecule has 1 heterocycles. The van der Waals surface area contributed by atoms with E-state index >= 15 is 0 Å². The number of ether oxygens (including phenoxy) is 1. The van der Waals surface area contributed by atoms with Crippen molar-refractivity contribution in [2.24, 2.45) is 14.1 Å². The minimum atomic E-state index is -0.349. The quantitative estimate of drug-likeness (QED) is 0.842. The SMILES string of the molecule is CCc1cccc(OCc2cc(=O)n(C)c(=O)n2C)c1. The van der Waals surface area contributed by atoms with Crippen molar-refractivity contribution in [1.29, 1.82) is 0 Å². The Morgan fingerprint density at radius 2 is 1.85 bits per heavy atom. The van der Waals surface area contributed by atoms with Crippen LogP contribution in [0.15, 0.2) is 39.9 Å². The Bertz CT molecular complexity index is 729. The summed E-state index contributed by atoms with van der Waals surface area (Å²) in [5.74, 6) is 0.734. The van der Waals surface area contributed by atoms with E-state index in [-0.39, 0.29) is 17.9 Å². The summed E-state index contributed by atoms with van der Waals surface area (Å²) in [6.07, 6.45) is 0.932. The molecule has 0 radical (unpaired) electrons. The molecule has 0 spiro atoms. The van der Waals surface area contributed by atoms with Gasteiger partial charge in [-0.1, -0.05) is 19.1 Å². The zero-order chi connectivity index (χ0) is 14.7. The van der Waals surface area contributed by atoms with Gasteiger partial charge in [0, 0.05) is 20.2 Å². The van der Waals surface area contributed by atoms with Crippen LogP contribution < -0.4 is 16.0 Å². The summed E-state index contributed by atoms with van der Waals surface area (Å²) in [7, 11) is 3.09. The van der Waals surface area contributed by atoms with Gasteiger partial charge in [-0.2, -0.15) is 0 Å². The van der Waals surface area contributed by atoms with Crippen LogP contribution in [0.4, 0.5) is 0 Å². The molecule has 1 aromatic heterocycles. The third kappa shape index (κ3) is 2.82. The van der Waals surface area contributed by atoms with E-state index in [0.29, 0.717) is 5.69 Å². The van der Waals surface area contributed by atoms with Gasteiger partial charge in [-0.25, -0.2) is 4.79 Å². The summed E-state index contributed by atoms with van der Waals surface area (Å²) in [6, 6.07) is 9.20. The van der Waals surface area contributed by atoms with Crippen LogP contribution in [0.1, 0.15) is 18.2 Å². The Morgan fingerprint density at radius 3 is 2.55 bits per heavy atom. The molecule has 2 rings (SSSR count). The topological polar surface area (TPSA) is 53.2 Å². The molecule has 0 saturated heterocycles. The van der Waals surface area contributed by atoms with Crippen LogP contribution in [-0.4, -0.2) is 9.13 Å². The van der Waals surface area contributed by atoms with Crippen molar-refractivity contribution in [2.75, 3.05) is 0 Å². The maximum absolute atomic E-state index is 11.8. The standard InChI is InChI=1S/C15H18N2O3/c1-4-11-6-5-7-13(8-11)20-10-12-9-14(18)17(3)15(19)16(12)2/h5-9H,4,10H2,1-3H3. The van der Waals surface area contributed by atoms with Gasteiger partial charge in [-0.15, -0.1) is 0 Å². The Balaban J connectivity index is 2.23. The molecular weight excluding hydrogens is 256 g/mol.